The van der Waals surface area contributed by atoms with Gasteiger partial charge >= 0.3 is 5.97 Å². The minimum Gasteiger partial charge on any atom is -0.480 e. The van der Waals surface area contributed by atoms with Gasteiger partial charge in [0.1, 0.15) is 11.4 Å². The molecule has 0 heterocycles. The van der Waals surface area contributed by atoms with Crippen molar-refractivity contribution in [1.82, 2.24) is 4.31 Å². The van der Waals surface area contributed by atoms with E-state index < -0.39 is 22.5 Å². The van der Waals surface area contributed by atoms with Gasteiger partial charge in [0.05, 0.1) is 10.0 Å². The van der Waals surface area contributed by atoms with Gasteiger partial charge in [-0.15, -0.1) is 0 Å². The lowest BCUT2D eigenvalue weighted by Crippen LogP contribution is -2.37. The molecule has 1 aromatic carbocycles. The minimum absolute atomic E-state index is 0.0411. The van der Waals surface area contributed by atoms with Crippen LogP contribution in [0.2, 0.25) is 10.0 Å². The van der Waals surface area contributed by atoms with Crippen molar-refractivity contribution < 1.29 is 18.3 Å². The fraction of sp³-hybridized carbons (Fsp3) is 0.417. The van der Waals surface area contributed by atoms with E-state index in [0.29, 0.717) is 4.47 Å². The second-order valence-corrected chi connectivity index (χ2v) is 8.44. The van der Waals surface area contributed by atoms with E-state index in [-0.39, 0.29) is 27.4 Å². The van der Waals surface area contributed by atoms with E-state index in [2.05, 4.69) is 15.9 Å². The Hall–Kier alpha value is -0.340. The first kappa shape index (κ1) is 17.0. The number of rotatable bonds is 6. The largest absolute Gasteiger partial charge is 0.480 e. The molecule has 0 amide bonds. The molecule has 0 aliphatic heterocycles. The van der Waals surface area contributed by atoms with Crippen molar-refractivity contribution >= 4 is 55.1 Å². The van der Waals surface area contributed by atoms with E-state index in [0.717, 1.165) is 17.1 Å². The first-order chi connectivity index (χ1) is 9.71. The van der Waals surface area contributed by atoms with E-state index in [1.54, 1.807) is 0 Å². The van der Waals surface area contributed by atoms with E-state index in [9.17, 15) is 13.2 Å². The maximum absolute atomic E-state index is 12.7. The Morgan fingerprint density at radius 1 is 1.33 bits per heavy atom. The Morgan fingerprint density at radius 3 is 2.29 bits per heavy atom. The summed E-state index contributed by atoms with van der Waals surface area (Å²) in [4.78, 5) is 10.7. The number of nitrogens with zero attached hydrogens (tertiary/aromatic N) is 1. The third kappa shape index (κ3) is 4.10. The van der Waals surface area contributed by atoms with Crippen molar-refractivity contribution in [2.24, 2.45) is 5.92 Å². The molecule has 0 atom stereocenters. The summed E-state index contributed by atoms with van der Waals surface area (Å²) in [6, 6.07) is 2.83. The molecule has 21 heavy (non-hydrogen) atoms. The predicted octanol–water partition coefficient (Wildman–Crippen LogP) is 3.24. The molecule has 1 aliphatic rings. The van der Waals surface area contributed by atoms with Gasteiger partial charge in [0.15, 0.2) is 0 Å². The molecular formula is C12H12BrCl2NO4S. The van der Waals surface area contributed by atoms with Crippen LogP contribution in [0.3, 0.4) is 0 Å². The highest BCUT2D eigenvalue weighted by molar-refractivity contribution is 9.10. The molecule has 5 nitrogen and oxygen atoms in total. The SMILES string of the molecule is O=C(O)CN(CC1CC1)S(=O)(=O)c1c(Cl)cc(Br)cc1Cl. The summed E-state index contributed by atoms with van der Waals surface area (Å²) in [5, 5.41) is 8.85. The molecule has 1 aliphatic carbocycles. The molecule has 116 valence electrons. The summed E-state index contributed by atoms with van der Waals surface area (Å²) in [5.41, 5.74) is 0. The summed E-state index contributed by atoms with van der Waals surface area (Å²) in [5.74, 6) is -1.02. The molecule has 0 aromatic heterocycles. The van der Waals surface area contributed by atoms with Crippen LogP contribution in [0, 0.1) is 5.92 Å². The van der Waals surface area contributed by atoms with Gasteiger partial charge in [-0.3, -0.25) is 4.79 Å². The molecular weight excluding hydrogens is 405 g/mol. The van der Waals surface area contributed by atoms with Crippen LogP contribution in [-0.2, 0) is 14.8 Å². The van der Waals surface area contributed by atoms with E-state index in [1.165, 1.54) is 12.1 Å². The molecule has 1 fully saturated rings. The molecule has 0 bridgehead atoms. The number of halogens is 3. The molecule has 1 aromatic rings. The number of carboxylic acid groups (broad SMARTS) is 1. The van der Waals surface area contributed by atoms with Crippen LogP contribution in [0.5, 0.6) is 0 Å². The monoisotopic (exact) mass is 415 g/mol. The van der Waals surface area contributed by atoms with Gasteiger partial charge in [0.2, 0.25) is 10.0 Å². The summed E-state index contributed by atoms with van der Waals surface area (Å²) in [6.45, 7) is -0.446. The van der Waals surface area contributed by atoms with Crippen molar-refractivity contribution in [1.29, 1.82) is 0 Å². The van der Waals surface area contributed by atoms with Gasteiger partial charge in [0, 0.05) is 11.0 Å². The molecule has 0 unspecified atom stereocenters. The zero-order valence-corrected chi connectivity index (χ0v) is 14.6. The van der Waals surface area contributed by atoms with Crippen LogP contribution in [0.15, 0.2) is 21.5 Å². The number of hydrogen-bond donors (Lipinski definition) is 1. The molecule has 2 rings (SSSR count). The summed E-state index contributed by atoms with van der Waals surface area (Å²) in [7, 11) is -4.06. The minimum atomic E-state index is -4.06. The van der Waals surface area contributed by atoms with Gasteiger partial charge in [-0.2, -0.15) is 4.31 Å². The summed E-state index contributed by atoms with van der Waals surface area (Å²) >= 11 is 15.1. The highest BCUT2D eigenvalue weighted by atomic mass is 79.9. The number of carboxylic acids is 1. The molecule has 9 heteroatoms. The maximum atomic E-state index is 12.7. The fourth-order valence-corrected chi connectivity index (χ4v) is 5.24. The third-order valence-electron chi connectivity index (χ3n) is 3.03. The quantitative estimate of drug-likeness (QED) is 0.772. The second kappa shape index (κ2) is 6.42. The molecule has 0 saturated heterocycles. The highest BCUT2D eigenvalue weighted by Gasteiger charge is 2.35. The first-order valence-corrected chi connectivity index (χ1v) is 9.07. The van der Waals surface area contributed by atoms with Crippen LogP contribution >= 0.6 is 39.1 Å². The molecule has 1 N–H and O–H groups in total. The smallest absolute Gasteiger partial charge is 0.318 e. The van der Waals surface area contributed by atoms with Crippen LogP contribution in [0.4, 0.5) is 0 Å². The van der Waals surface area contributed by atoms with Gasteiger partial charge in [0.25, 0.3) is 0 Å². The summed E-state index contributed by atoms with van der Waals surface area (Å²) in [6.07, 6.45) is 1.79. The topological polar surface area (TPSA) is 74.7 Å². The lowest BCUT2D eigenvalue weighted by atomic mass is 10.4. The average Bonchev–Trinajstić information content (AvgIpc) is 3.09. The van der Waals surface area contributed by atoms with Crippen molar-refractivity contribution in [2.45, 2.75) is 17.7 Å². The molecule has 0 spiro atoms. The predicted molar refractivity (Wildman–Crippen MR) is 83.3 cm³/mol. The molecule has 0 radical (unpaired) electrons. The second-order valence-electron chi connectivity index (χ2n) is 4.83. The Bertz CT molecular complexity index is 653. The highest BCUT2D eigenvalue weighted by Crippen LogP contribution is 2.37. The average molecular weight is 417 g/mol. The number of sulfonamides is 1. The normalized spacial score (nSPS) is 15.4. The summed E-state index contributed by atoms with van der Waals surface area (Å²) < 4.78 is 26.8. The van der Waals surface area contributed by atoms with Crippen LogP contribution in [0.25, 0.3) is 0 Å². The van der Waals surface area contributed by atoms with E-state index >= 15 is 0 Å². The van der Waals surface area contributed by atoms with Crippen LogP contribution < -0.4 is 0 Å². The zero-order chi connectivity index (χ0) is 15.8. The van der Waals surface area contributed by atoms with Gasteiger partial charge in [-0.25, -0.2) is 8.42 Å². The standard InChI is InChI=1S/C12H12BrCl2NO4S/c13-8-3-9(14)12(10(15)4-8)21(19,20)16(6-11(17)18)5-7-1-2-7/h3-4,7H,1-2,5-6H2,(H,17,18). The van der Waals surface area contributed by atoms with Crippen molar-refractivity contribution in [3.05, 3.63) is 26.7 Å². The fourth-order valence-electron chi connectivity index (χ4n) is 1.89. The lowest BCUT2D eigenvalue weighted by Gasteiger charge is -2.21. The Morgan fingerprint density at radius 2 is 1.86 bits per heavy atom. The first-order valence-electron chi connectivity index (χ1n) is 6.08. The van der Waals surface area contributed by atoms with Gasteiger partial charge in [-0.1, -0.05) is 39.1 Å². The number of carbonyl (C=O) groups is 1. The Balaban J connectivity index is 2.44. The number of aliphatic carboxylic acids is 1. The Kier molecular flexibility index (Phi) is 5.20. The van der Waals surface area contributed by atoms with Crippen LogP contribution in [-0.4, -0.2) is 36.9 Å². The lowest BCUT2D eigenvalue weighted by molar-refractivity contribution is -0.137. The van der Waals surface area contributed by atoms with Crippen LogP contribution in [0.1, 0.15) is 12.8 Å². The van der Waals surface area contributed by atoms with Gasteiger partial charge < -0.3 is 5.11 Å². The number of hydrogen-bond acceptors (Lipinski definition) is 3. The van der Waals surface area contributed by atoms with Crippen molar-refractivity contribution in [3.8, 4) is 0 Å². The number of benzene rings is 1. The Labute approximate surface area is 141 Å². The third-order valence-corrected chi connectivity index (χ3v) is 6.22. The maximum Gasteiger partial charge on any atom is 0.318 e. The van der Waals surface area contributed by atoms with Gasteiger partial charge in [-0.05, 0) is 30.9 Å². The zero-order valence-electron chi connectivity index (χ0n) is 10.7. The van der Waals surface area contributed by atoms with Crippen molar-refractivity contribution in [2.75, 3.05) is 13.1 Å². The van der Waals surface area contributed by atoms with E-state index in [4.69, 9.17) is 28.3 Å². The molecule has 1 saturated carbocycles. The van der Waals surface area contributed by atoms with Crippen molar-refractivity contribution in [3.63, 3.8) is 0 Å². The van der Waals surface area contributed by atoms with E-state index in [1.807, 2.05) is 0 Å².